The number of ether oxygens (including phenoxy) is 1. The summed E-state index contributed by atoms with van der Waals surface area (Å²) in [6, 6.07) is 0. The molecule has 3 heteroatoms. The molecule has 1 saturated heterocycles. The van der Waals surface area contributed by atoms with E-state index in [1.807, 2.05) is 0 Å². The quantitative estimate of drug-likeness (QED) is 0.702. The Morgan fingerprint density at radius 1 is 1.47 bits per heavy atom. The van der Waals surface area contributed by atoms with Gasteiger partial charge in [-0.05, 0) is 12.5 Å². The number of allylic oxidation sites excluding steroid dienone is 2. The Labute approximate surface area is 91.6 Å². The van der Waals surface area contributed by atoms with E-state index in [1.54, 1.807) is 0 Å². The Bertz CT molecular complexity index is 292. The Kier molecular flexibility index (Phi) is 2.96. The normalized spacial score (nSPS) is 37.8. The molecular weight excluding hydrogens is 188 g/mol. The van der Waals surface area contributed by atoms with Crippen LogP contribution >= 0.6 is 0 Å². The van der Waals surface area contributed by atoms with Gasteiger partial charge in [-0.2, -0.15) is 0 Å². The maximum atomic E-state index is 6.57. The highest BCUT2D eigenvalue weighted by atomic mass is 16.5. The van der Waals surface area contributed by atoms with E-state index in [1.165, 1.54) is 5.57 Å². The van der Waals surface area contributed by atoms with Crippen molar-refractivity contribution in [1.82, 2.24) is 4.90 Å². The predicted molar refractivity (Wildman–Crippen MR) is 61.4 cm³/mol. The molecule has 0 aromatic rings. The van der Waals surface area contributed by atoms with Crippen LogP contribution in [-0.4, -0.2) is 36.9 Å². The summed E-state index contributed by atoms with van der Waals surface area (Å²) in [5.41, 5.74) is 7.51. The molecule has 1 aliphatic carbocycles. The molecule has 1 heterocycles. The van der Waals surface area contributed by atoms with Crippen LogP contribution in [0.1, 0.15) is 13.8 Å². The summed E-state index contributed by atoms with van der Waals surface area (Å²) in [7, 11) is 0. The number of morpholine rings is 1. The SMILES string of the molecule is CC1=CC=CC(C)C1(N)N1CCOCC1. The first-order chi connectivity index (χ1) is 7.15. The topological polar surface area (TPSA) is 38.5 Å². The van der Waals surface area contributed by atoms with Crippen molar-refractivity contribution in [3.8, 4) is 0 Å². The molecule has 0 bridgehead atoms. The fraction of sp³-hybridized carbons (Fsp3) is 0.667. The zero-order valence-corrected chi connectivity index (χ0v) is 9.57. The molecule has 2 N–H and O–H groups in total. The molecule has 0 radical (unpaired) electrons. The van der Waals surface area contributed by atoms with Crippen LogP contribution in [0.15, 0.2) is 23.8 Å². The van der Waals surface area contributed by atoms with Crippen LogP contribution in [0, 0.1) is 5.92 Å². The number of hydrogen-bond donors (Lipinski definition) is 1. The van der Waals surface area contributed by atoms with Crippen molar-refractivity contribution in [3.63, 3.8) is 0 Å². The Hall–Kier alpha value is -0.640. The molecule has 84 valence electrons. The number of nitrogens with two attached hydrogens (primary N) is 1. The van der Waals surface area contributed by atoms with Crippen LogP contribution in [0.25, 0.3) is 0 Å². The monoisotopic (exact) mass is 208 g/mol. The second-order valence-corrected chi connectivity index (χ2v) is 4.45. The lowest BCUT2D eigenvalue weighted by Gasteiger charge is -2.47. The van der Waals surface area contributed by atoms with Gasteiger partial charge in [0.25, 0.3) is 0 Å². The highest BCUT2D eigenvalue weighted by molar-refractivity contribution is 5.30. The van der Waals surface area contributed by atoms with Crippen LogP contribution in [0.4, 0.5) is 0 Å². The van der Waals surface area contributed by atoms with Crippen LogP contribution < -0.4 is 5.73 Å². The zero-order chi connectivity index (χ0) is 10.9. The molecule has 3 nitrogen and oxygen atoms in total. The lowest BCUT2D eigenvalue weighted by molar-refractivity contribution is -0.0202. The third kappa shape index (κ3) is 1.75. The first-order valence-electron chi connectivity index (χ1n) is 5.63. The average Bonchev–Trinajstić information content (AvgIpc) is 2.27. The van der Waals surface area contributed by atoms with Crippen molar-refractivity contribution in [2.24, 2.45) is 11.7 Å². The fourth-order valence-corrected chi connectivity index (χ4v) is 2.48. The van der Waals surface area contributed by atoms with E-state index in [-0.39, 0.29) is 5.66 Å². The maximum Gasteiger partial charge on any atom is 0.0972 e. The first kappa shape index (κ1) is 10.9. The molecule has 2 rings (SSSR count). The molecule has 2 atom stereocenters. The molecular formula is C12H20N2O. The summed E-state index contributed by atoms with van der Waals surface area (Å²) < 4.78 is 5.37. The highest BCUT2D eigenvalue weighted by Gasteiger charge is 2.40. The van der Waals surface area contributed by atoms with Crippen molar-refractivity contribution in [3.05, 3.63) is 23.8 Å². The standard InChI is InChI=1S/C12H20N2O/c1-10-4-3-5-11(2)12(10,13)14-6-8-15-9-7-14/h3-5,10H,6-9,13H2,1-2H3. The third-order valence-electron chi connectivity index (χ3n) is 3.61. The van der Waals surface area contributed by atoms with Gasteiger partial charge in [-0.15, -0.1) is 0 Å². The smallest absolute Gasteiger partial charge is 0.0972 e. The van der Waals surface area contributed by atoms with E-state index in [4.69, 9.17) is 10.5 Å². The van der Waals surface area contributed by atoms with Gasteiger partial charge >= 0.3 is 0 Å². The van der Waals surface area contributed by atoms with Crippen LogP contribution in [0.2, 0.25) is 0 Å². The van der Waals surface area contributed by atoms with E-state index in [9.17, 15) is 0 Å². The third-order valence-corrected chi connectivity index (χ3v) is 3.61. The van der Waals surface area contributed by atoms with Crippen molar-refractivity contribution >= 4 is 0 Å². The lowest BCUT2D eigenvalue weighted by atomic mass is 9.82. The van der Waals surface area contributed by atoms with Gasteiger partial charge in [-0.25, -0.2) is 0 Å². The highest BCUT2D eigenvalue weighted by Crippen LogP contribution is 2.31. The van der Waals surface area contributed by atoms with Gasteiger partial charge in [0.05, 0.1) is 18.9 Å². The van der Waals surface area contributed by atoms with Gasteiger partial charge in [0.15, 0.2) is 0 Å². The first-order valence-corrected chi connectivity index (χ1v) is 5.63. The van der Waals surface area contributed by atoms with Gasteiger partial charge in [0.2, 0.25) is 0 Å². The van der Waals surface area contributed by atoms with Gasteiger partial charge < -0.3 is 10.5 Å². The minimum absolute atomic E-state index is 0.307. The molecule has 2 unspecified atom stereocenters. The summed E-state index contributed by atoms with van der Waals surface area (Å²) in [6.45, 7) is 7.75. The Morgan fingerprint density at radius 2 is 2.13 bits per heavy atom. The van der Waals surface area contributed by atoms with Gasteiger partial charge in [-0.1, -0.05) is 25.2 Å². The van der Waals surface area contributed by atoms with Gasteiger partial charge in [0.1, 0.15) is 0 Å². The Morgan fingerprint density at radius 3 is 2.73 bits per heavy atom. The summed E-state index contributed by atoms with van der Waals surface area (Å²) in [6.07, 6.45) is 6.41. The lowest BCUT2D eigenvalue weighted by Crippen LogP contribution is -2.63. The maximum absolute atomic E-state index is 6.57. The molecule has 0 amide bonds. The van der Waals surface area contributed by atoms with Crippen molar-refractivity contribution in [2.75, 3.05) is 26.3 Å². The molecule has 1 aliphatic heterocycles. The van der Waals surface area contributed by atoms with E-state index in [0.717, 1.165) is 26.3 Å². The average molecular weight is 208 g/mol. The molecule has 0 aromatic carbocycles. The van der Waals surface area contributed by atoms with E-state index in [0.29, 0.717) is 5.92 Å². The van der Waals surface area contributed by atoms with Crippen molar-refractivity contribution < 1.29 is 4.74 Å². The number of nitrogens with zero attached hydrogens (tertiary/aromatic N) is 1. The molecule has 15 heavy (non-hydrogen) atoms. The number of rotatable bonds is 1. The summed E-state index contributed by atoms with van der Waals surface area (Å²) in [4.78, 5) is 2.34. The zero-order valence-electron chi connectivity index (χ0n) is 9.57. The Balaban J connectivity index is 2.23. The molecule has 0 aromatic heterocycles. The molecule has 1 fully saturated rings. The van der Waals surface area contributed by atoms with Crippen molar-refractivity contribution in [2.45, 2.75) is 19.5 Å². The van der Waals surface area contributed by atoms with E-state index < -0.39 is 0 Å². The van der Waals surface area contributed by atoms with Gasteiger partial charge in [0, 0.05) is 19.0 Å². The number of hydrogen-bond acceptors (Lipinski definition) is 3. The summed E-state index contributed by atoms with van der Waals surface area (Å²) in [5.74, 6) is 0.362. The second kappa shape index (κ2) is 4.08. The van der Waals surface area contributed by atoms with Crippen LogP contribution in [-0.2, 0) is 4.74 Å². The second-order valence-electron chi connectivity index (χ2n) is 4.45. The predicted octanol–water partition coefficient (Wildman–Crippen LogP) is 1.13. The van der Waals surface area contributed by atoms with Gasteiger partial charge in [-0.3, -0.25) is 4.90 Å². The molecule has 0 saturated carbocycles. The fourth-order valence-electron chi connectivity index (χ4n) is 2.48. The van der Waals surface area contributed by atoms with E-state index >= 15 is 0 Å². The summed E-state index contributed by atoms with van der Waals surface area (Å²) in [5, 5.41) is 0. The molecule has 0 spiro atoms. The van der Waals surface area contributed by atoms with Crippen LogP contribution in [0.3, 0.4) is 0 Å². The minimum Gasteiger partial charge on any atom is -0.379 e. The minimum atomic E-state index is -0.307. The van der Waals surface area contributed by atoms with Crippen LogP contribution in [0.5, 0.6) is 0 Å². The van der Waals surface area contributed by atoms with E-state index in [2.05, 4.69) is 37.0 Å². The summed E-state index contributed by atoms with van der Waals surface area (Å²) >= 11 is 0. The van der Waals surface area contributed by atoms with Crippen molar-refractivity contribution in [1.29, 1.82) is 0 Å². The largest absolute Gasteiger partial charge is 0.379 e. The molecule has 2 aliphatic rings.